The van der Waals surface area contributed by atoms with Gasteiger partial charge < -0.3 is 4.57 Å². The van der Waals surface area contributed by atoms with Crippen LogP contribution >= 0.6 is 11.3 Å². The number of rotatable bonds is 8. The van der Waals surface area contributed by atoms with E-state index in [4.69, 9.17) is 10.5 Å². The summed E-state index contributed by atoms with van der Waals surface area (Å²) >= 11 is -0.369. The number of aromatic nitrogens is 3. The van der Waals surface area contributed by atoms with Crippen LogP contribution in [0.1, 0.15) is 87.0 Å². The maximum atomic E-state index is 13.6. The molecule has 0 aliphatic heterocycles. The second-order valence-electron chi connectivity index (χ2n) is 17.6. The van der Waals surface area contributed by atoms with Crippen LogP contribution in [-0.4, -0.2) is 27.8 Å². The van der Waals surface area contributed by atoms with Crippen LogP contribution in [-0.2, 0) is 20.1 Å². The number of halogens is 1. The molecular formula is C55H54FGeIrN3S-2. The van der Waals surface area contributed by atoms with Gasteiger partial charge in [0, 0.05) is 30.5 Å². The molecule has 317 valence electrons. The zero-order valence-corrected chi connectivity index (χ0v) is 42.0. The zero-order valence-electron chi connectivity index (χ0n) is 40.7. The van der Waals surface area contributed by atoms with Gasteiger partial charge in [-0.1, -0.05) is 93.2 Å². The van der Waals surface area contributed by atoms with E-state index in [2.05, 4.69) is 133 Å². The summed E-state index contributed by atoms with van der Waals surface area (Å²) in [5.41, 5.74) is 11.8. The van der Waals surface area contributed by atoms with Gasteiger partial charge in [0.05, 0.1) is 16.9 Å². The van der Waals surface area contributed by atoms with Crippen molar-refractivity contribution in [3.05, 3.63) is 168 Å². The molecule has 1 radical (unpaired) electrons. The Morgan fingerprint density at radius 3 is 2.11 bits per heavy atom. The molecule has 3 nitrogen and oxygen atoms in total. The largest absolute Gasteiger partial charge is 0 e. The second kappa shape index (κ2) is 18.6. The van der Waals surface area contributed by atoms with E-state index in [-0.39, 0.29) is 31.5 Å². The first-order valence-electron chi connectivity index (χ1n) is 23.0. The minimum Gasteiger partial charge on any atom is 0 e. The third kappa shape index (κ3) is 9.03. The number of pyridine rings is 1. The van der Waals surface area contributed by atoms with Gasteiger partial charge in [-0.05, 0) is 74.5 Å². The number of benzene rings is 6. The fraction of sp³-hybridized carbons (Fsp3) is 0.236. The van der Waals surface area contributed by atoms with Crippen LogP contribution in [0.2, 0.25) is 17.3 Å². The normalized spacial score (nSPS) is 13.1. The molecule has 0 unspecified atom stereocenters. The van der Waals surface area contributed by atoms with Crippen LogP contribution in [0.25, 0.3) is 70.7 Å². The molecule has 62 heavy (non-hydrogen) atoms. The Morgan fingerprint density at radius 1 is 0.758 bits per heavy atom. The molecule has 0 N–H and O–H groups in total. The fourth-order valence-corrected chi connectivity index (χ4v) is 12.7. The van der Waals surface area contributed by atoms with Gasteiger partial charge >= 0.3 is 131 Å². The van der Waals surface area contributed by atoms with Crippen molar-refractivity contribution in [2.24, 2.45) is 0 Å². The molecule has 3 aromatic heterocycles. The number of aryl methyl sites for hydroxylation is 1. The monoisotopic (exact) mass is 1080 g/mol. The van der Waals surface area contributed by atoms with E-state index in [9.17, 15) is 4.39 Å². The Labute approximate surface area is 392 Å². The molecule has 7 heteroatoms. The van der Waals surface area contributed by atoms with Gasteiger partial charge in [0.15, 0.2) is 0 Å². The molecule has 9 rings (SSSR count). The quantitative estimate of drug-likeness (QED) is 0.112. The number of hydrogen-bond acceptors (Lipinski definition) is 3. The number of imidazole rings is 1. The molecule has 0 atom stereocenters. The average molecular weight is 1080 g/mol. The van der Waals surface area contributed by atoms with Gasteiger partial charge in [-0.2, -0.15) is 11.3 Å². The summed E-state index contributed by atoms with van der Waals surface area (Å²) in [5, 5.41) is 2.41. The minimum atomic E-state index is -2.14. The Balaban J connectivity index is 0.000000223. The van der Waals surface area contributed by atoms with Crippen molar-refractivity contribution in [1.29, 1.82) is 0 Å². The standard InChI is InChI=1S/C37H30FN2S.C18H24GeN.Ir/c1-22(2)27-9-7-10-28(23(3)4)35(27)40-33-14-6-5-13-32(33)39-37(40)31-12-8-11-30-29-20-17-25(21-34(29)41-36(30)31)24-15-18-26(38)19-16-24;1-13(2)16-11-18(15-9-7-14(3)8-10-15)20-12-17(16)19(4,5)6;/h5-11,13-23H,1-4H3;7-9,11-13H,1-6H3;/q2*-1;/i;3D3,13D;. The first kappa shape index (κ1) is 40.1. The predicted octanol–water partition coefficient (Wildman–Crippen LogP) is 15.4. The van der Waals surface area contributed by atoms with Gasteiger partial charge in [-0.3, -0.25) is 4.98 Å². The molecule has 0 saturated heterocycles. The van der Waals surface area contributed by atoms with E-state index in [0.29, 0.717) is 11.8 Å². The third-order valence-electron chi connectivity index (χ3n) is 11.3. The van der Waals surface area contributed by atoms with E-state index in [1.54, 1.807) is 23.5 Å². The summed E-state index contributed by atoms with van der Waals surface area (Å²) in [6.45, 7) is 10.7. The first-order valence-corrected chi connectivity index (χ1v) is 29.1. The maximum absolute atomic E-state index is 13.6. The average Bonchev–Trinajstić information content (AvgIpc) is 3.84. The smallest absolute Gasteiger partial charge is 0 e. The van der Waals surface area contributed by atoms with E-state index in [1.165, 1.54) is 59.6 Å². The Kier molecular flexibility index (Phi) is 12.0. The van der Waals surface area contributed by atoms with Crippen LogP contribution in [0, 0.1) is 24.8 Å². The van der Waals surface area contributed by atoms with Crippen LogP contribution in [0.4, 0.5) is 4.39 Å². The van der Waals surface area contributed by atoms with Crippen molar-refractivity contribution < 1.29 is 30.0 Å². The molecule has 6 aromatic carbocycles. The van der Waals surface area contributed by atoms with E-state index in [1.807, 2.05) is 44.3 Å². The van der Waals surface area contributed by atoms with Gasteiger partial charge in [0.25, 0.3) is 0 Å². The summed E-state index contributed by atoms with van der Waals surface area (Å²) in [7, 11) is 0. The number of fused-ring (bicyclic) bond motifs is 4. The predicted molar refractivity (Wildman–Crippen MR) is 262 cm³/mol. The van der Waals surface area contributed by atoms with Gasteiger partial charge in [-0.15, -0.1) is 18.2 Å². The first-order chi connectivity index (χ1) is 30.7. The van der Waals surface area contributed by atoms with E-state index in [0.717, 1.165) is 50.4 Å². The van der Waals surface area contributed by atoms with Gasteiger partial charge in [-0.25, -0.2) is 4.39 Å². The molecule has 0 saturated carbocycles. The van der Waals surface area contributed by atoms with Crippen molar-refractivity contribution in [3.63, 3.8) is 0 Å². The van der Waals surface area contributed by atoms with Crippen molar-refractivity contribution in [2.45, 2.75) is 83.4 Å². The van der Waals surface area contributed by atoms with Crippen molar-refractivity contribution in [1.82, 2.24) is 14.5 Å². The van der Waals surface area contributed by atoms with Gasteiger partial charge in [0.2, 0.25) is 0 Å². The Morgan fingerprint density at radius 2 is 1.47 bits per heavy atom. The Bertz CT molecular complexity index is 3150. The summed E-state index contributed by atoms with van der Waals surface area (Å²) in [6.07, 6.45) is 1.91. The van der Waals surface area contributed by atoms with Crippen LogP contribution in [0.15, 0.2) is 128 Å². The molecular weight excluding hydrogens is 1020 g/mol. The molecule has 0 aliphatic carbocycles. The zero-order chi connectivity index (χ0) is 46.6. The maximum Gasteiger partial charge on any atom is 0 e. The molecule has 0 aliphatic rings. The van der Waals surface area contributed by atoms with Crippen LogP contribution in [0.5, 0.6) is 0 Å². The van der Waals surface area contributed by atoms with Crippen molar-refractivity contribution in [2.75, 3.05) is 0 Å². The topological polar surface area (TPSA) is 30.7 Å². The molecule has 0 spiro atoms. The number of thiophene rings is 1. The van der Waals surface area contributed by atoms with Crippen molar-refractivity contribution in [3.8, 4) is 39.5 Å². The summed E-state index contributed by atoms with van der Waals surface area (Å²) in [4.78, 5) is 9.83. The SMILES string of the molecule is CC(C)c1cccc(C(C)C)c1-n1c(-c2[c-]ccc3c2sc2cc(-c4ccc(F)cc4)ccc23)nc2ccccc21.[2H]C([2H])([2H])c1c[c-]c(-c2cc(C([2H])(C)C)[c]([Ge]([CH3])([CH3])[CH3])cn2)cc1.[Ir]. The molecule has 9 aromatic rings. The summed E-state index contributed by atoms with van der Waals surface area (Å²) in [5.74, 6) is 7.58. The number of para-hydroxylation sites is 3. The van der Waals surface area contributed by atoms with E-state index >= 15 is 0 Å². The van der Waals surface area contributed by atoms with Crippen LogP contribution < -0.4 is 4.40 Å². The Hall–Kier alpha value is -4.72. The third-order valence-corrected chi connectivity index (χ3v) is 16.7. The number of nitrogens with zero attached hydrogens (tertiary/aromatic N) is 3. The molecule has 0 fully saturated rings. The van der Waals surface area contributed by atoms with E-state index < -0.39 is 26.0 Å². The van der Waals surface area contributed by atoms with Gasteiger partial charge in [0.1, 0.15) is 5.82 Å². The van der Waals surface area contributed by atoms with Crippen molar-refractivity contribution >= 4 is 60.2 Å². The summed E-state index contributed by atoms with van der Waals surface area (Å²) in [6, 6.07) is 46.0. The molecule has 0 bridgehead atoms. The molecule has 0 amide bonds. The second-order valence-corrected chi connectivity index (χ2v) is 29.2. The molecule has 3 heterocycles. The minimum absolute atomic E-state index is 0. The number of hydrogen-bond donors (Lipinski definition) is 0. The fourth-order valence-electron chi connectivity index (χ4n) is 8.12. The van der Waals surface area contributed by atoms with Crippen LogP contribution in [0.3, 0.4) is 0 Å². The summed E-state index contributed by atoms with van der Waals surface area (Å²) < 4.78 is 50.3.